The number of hydrogen-bond donors (Lipinski definition) is 1. The lowest BCUT2D eigenvalue weighted by molar-refractivity contribution is -0.147. The Hall–Kier alpha value is -3.80. The summed E-state index contributed by atoms with van der Waals surface area (Å²) in [6.45, 7) is 2.35. The zero-order chi connectivity index (χ0) is 24.6. The van der Waals surface area contributed by atoms with Crippen molar-refractivity contribution in [2.45, 2.75) is 44.8 Å². The van der Waals surface area contributed by atoms with E-state index in [1.54, 1.807) is 7.11 Å². The first-order valence-corrected chi connectivity index (χ1v) is 12.0. The quantitative estimate of drug-likeness (QED) is 0.375. The van der Waals surface area contributed by atoms with Crippen molar-refractivity contribution in [1.82, 2.24) is 5.32 Å². The van der Waals surface area contributed by atoms with E-state index in [4.69, 9.17) is 14.2 Å². The summed E-state index contributed by atoms with van der Waals surface area (Å²) in [6.07, 6.45) is 1.55. The molecule has 0 fully saturated rings. The van der Waals surface area contributed by atoms with E-state index in [1.807, 2.05) is 55.5 Å². The van der Waals surface area contributed by atoms with Crippen molar-refractivity contribution >= 4 is 12.1 Å². The Kier molecular flexibility index (Phi) is 8.03. The molecule has 6 heteroatoms. The molecule has 0 heterocycles. The Bertz CT molecular complexity index is 1110. The SMILES string of the molecule is CCCC[C@H](NC(=O)OCC1c2ccccc2-c2ccccc21)C(=O)OCc1ccc(OC)cc1. The van der Waals surface area contributed by atoms with Gasteiger partial charge in [0.05, 0.1) is 7.11 Å². The minimum atomic E-state index is -0.760. The minimum Gasteiger partial charge on any atom is -0.497 e. The normalized spacial score (nSPS) is 12.9. The maximum absolute atomic E-state index is 12.8. The molecule has 0 saturated heterocycles. The fourth-order valence-corrected chi connectivity index (χ4v) is 4.42. The highest BCUT2D eigenvalue weighted by atomic mass is 16.6. The summed E-state index contributed by atoms with van der Waals surface area (Å²) in [5, 5.41) is 2.72. The molecule has 1 aliphatic rings. The summed E-state index contributed by atoms with van der Waals surface area (Å²) >= 11 is 0. The molecule has 3 aromatic rings. The highest BCUT2D eigenvalue weighted by Gasteiger charge is 2.30. The maximum atomic E-state index is 12.8. The molecule has 1 atom stereocenters. The summed E-state index contributed by atoms with van der Waals surface area (Å²) < 4.78 is 16.3. The number of rotatable bonds is 10. The highest BCUT2D eigenvalue weighted by molar-refractivity contribution is 5.82. The topological polar surface area (TPSA) is 73.9 Å². The van der Waals surface area contributed by atoms with E-state index in [1.165, 1.54) is 11.1 Å². The average molecular weight is 474 g/mol. The highest BCUT2D eigenvalue weighted by Crippen LogP contribution is 2.44. The number of alkyl carbamates (subject to hydrolysis) is 1. The average Bonchev–Trinajstić information content (AvgIpc) is 3.22. The molecule has 0 bridgehead atoms. The van der Waals surface area contributed by atoms with Gasteiger partial charge in [-0.05, 0) is 46.4 Å². The van der Waals surface area contributed by atoms with Crippen LogP contribution < -0.4 is 10.1 Å². The Morgan fingerprint density at radius 3 is 2.11 bits per heavy atom. The van der Waals surface area contributed by atoms with Gasteiger partial charge in [-0.1, -0.05) is 80.4 Å². The number of carbonyl (C=O) groups is 2. The van der Waals surface area contributed by atoms with Gasteiger partial charge in [0.2, 0.25) is 0 Å². The summed E-state index contributed by atoms with van der Waals surface area (Å²) in [5.74, 6) is 0.227. The lowest BCUT2D eigenvalue weighted by Gasteiger charge is -2.19. The molecule has 0 spiro atoms. The van der Waals surface area contributed by atoms with Crippen LogP contribution in [0, 0.1) is 0 Å². The van der Waals surface area contributed by atoms with Gasteiger partial charge in [0.15, 0.2) is 0 Å². The zero-order valence-electron chi connectivity index (χ0n) is 20.2. The second-order valence-electron chi connectivity index (χ2n) is 8.62. The Morgan fingerprint density at radius 2 is 1.51 bits per heavy atom. The lowest BCUT2D eigenvalue weighted by atomic mass is 9.98. The van der Waals surface area contributed by atoms with E-state index < -0.39 is 18.1 Å². The van der Waals surface area contributed by atoms with Crippen molar-refractivity contribution in [1.29, 1.82) is 0 Å². The predicted octanol–water partition coefficient (Wildman–Crippen LogP) is 5.84. The number of ether oxygens (including phenoxy) is 3. The summed E-state index contributed by atoms with van der Waals surface area (Å²) in [4.78, 5) is 25.4. The number of hydrogen-bond acceptors (Lipinski definition) is 5. The first-order valence-electron chi connectivity index (χ1n) is 12.0. The Morgan fingerprint density at radius 1 is 0.886 bits per heavy atom. The van der Waals surface area contributed by atoms with Crippen molar-refractivity contribution in [3.63, 3.8) is 0 Å². The minimum absolute atomic E-state index is 0.0377. The van der Waals surface area contributed by atoms with E-state index in [-0.39, 0.29) is 19.1 Å². The molecule has 1 amide bonds. The molecule has 182 valence electrons. The first kappa shape index (κ1) is 24.3. The van der Waals surface area contributed by atoms with Gasteiger partial charge in [-0.15, -0.1) is 0 Å². The molecule has 4 rings (SSSR count). The van der Waals surface area contributed by atoms with Crippen molar-refractivity contribution in [2.75, 3.05) is 13.7 Å². The molecule has 0 radical (unpaired) electrons. The summed E-state index contributed by atoms with van der Waals surface area (Å²) in [7, 11) is 1.60. The van der Waals surface area contributed by atoms with Crippen molar-refractivity contribution in [3.8, 4) is 16.9 Å². The molecule has 0 aliphatic heterocycles. The van der Waals surface area contributed by atoms with Crippen LogP contribution in [0.1, 0.15) is 48.8 Å². The van der Waals surface area contributed by atoms with Crippen LogP contribution >= 0.6 is 0 Å². The largest absolute Gasteiger partial charge is 0.497 e. The van der Waals surface area contributed by atoms with Gasteiger partial charge >= 0.3 is 12.1 Å². The number of esters is 1. The number of amides is 1. The third-order valence-corrected chi connectivity index (χ3v) is 6.31. The fraction of sp³-hybridized carbons (Fsp3) is 0.310. The van der Waals surface area contributed by atoms with Crippen LogP contribution in [0.3, 0.4) is 0 Å². The predicted molar refractivity (Wildman–Crippen MR) is 134 cm³/mol. The molecule has 35 heavy (non-hydrogen) atoms. The number of unbranched alkanes of at least 4 members (excludes halogenated alkanes) is 1. The number of nitrogens with one attached hydrogen (secondary N) is 1. The number of carbonyl (C=O) groups excluding carboxylic acids is 2. The van der Waals surface area contributed by atoms with E-state index in [0.29, 0.717) is 6.42 Å². The smallest absolute Gasteiger partial charge is 0.407 e. The fourth-order valence-electron chi connectivity index (χ4n) is 4.42. The van der Waals surface area contributed by atoms with Crippen LogP contribution in [0.25, 0.3) is 11.1 Å². The summed E-state index contributed by atoms with van der Waals surface area (Å²) in [5.41, 5.74) is 5.46. The van der Waals surface area contributed by atoms with Crippen LogP contribution in [0.15, 0.2) is 72.8 Å². The van der Waals surface area contributed by atoms with Gasteiger partial charge in [-0.2, -0.15) is 0 Å². The van der Waals surface area contributed by atoms with Crippen LogP contribution in [0.5, 0.6) is 5.75 Å². The van der Waals surface area contributed by atoms with Crippen LogP contribution in [0.2, 0.25) is 0 Å². The Labute approximate surface area is 206 Å². The first-order chi connectivity index (χ1) is 17.1. The number of fused-ring (bicyclic) bond motifs is 3. The molecule has 1 N–H and O–H groups in total. The molecular weight excluding hydrogens is 442 g/mol. The molecule has 0 unspecified atom stereocenters. The van der Waals surface area contributed by atoms with E-state index in [0.717, 1.165) is 35.3 Å². The molecule has 6 nitrogen and oxygen atoms in total. The van der Waals surface area contributed by atoms with Crippen LogP contribution in [-0.2, 0) is 20.9 Å². The standard InChI is InChI=1S/C29H31NO5/c1-3-4-13-27(28(31)34-18-20-14-16-21(33-2)17-15-20)30-29(32)35-19-26-24-11-7-5-9-22(24)23-10-6-8-12-25(23)26/h5-12,14-17,26-27H,3-4,13,18-19H2,1-2H3,(H,30,32)/t27-/m0/s1. The molecular formula is C29H31NO5. The second-order valence-corrected chi connectivity index (χ2v) is 8.62. The monoisotopic (exact) mass is 473 g/mol. The molecule has 0 aromatic heterocycles. The van der Waals surface area contributed by atoms with E-state index in [2.05, 4.69) is 29.6 Å². The van der Waals surface area contributed by atoms with Crippen molar-refractivity contribution < 1.29 is 23.8 Å². The van der Waals surface area contributed by atoms with Crippen LogP contribution in [-0.4, -0.2) is 31.8 Å². The van der Waals surface area contributed by atoms with Crippen molar-refractivity contribution in [2.24, 2.45) is 0 Å². The molecule has 1 aliphatic carbocycles. The van der Waals surface area contributed by atoms with Gasteiger partial charge < -0.3 is 19.5 Å². The Balaban J connectivity index is 1.35. The van der Waals surface area contributed by atoms with Gasteiger partial charge in [0.25, 0.3) is 0 Å². The van der Waals surface area contributed by atoms with E-state index in [9.17, 15) is 9.59 Å². The second kappa shape index (κ2) is 11.6. The van der Waals surface area contributed by atoms with Gasteiger partial charge in [-0.3, -0.25) is 0 Å². The zero-order valence-corrected chi connectivity index (χ0v) is 20.2. The van der Waals surface area contributed by atoms with Crippen molar-refractivity contribution in [3.05, 3.63) is 89.5 Å². The third kappa shape index (κ3) is 5.83. The number of methoxy groups -OCH3 is 1. The maximum Gasteiger partial charge on any atom is 0.407 e. The molecule has 3 aromatic carbocycles. The van der Waals surface area contributed by atoms with Crippen LogP contribution in [0.4, 0.5) is 4.79 Å². The number of benzene rings is 3. The molecule has 0 saturated carbocycles. The van der Waals surface area contributed by atoms with Gasteiger partial charge in [-0.25, -0.2) is 9.59 Å². The summed E-state index contributed by atoms with van der Waals surface area (Å²) in [6, 6.07) is 22.9. The van der Waals surface area contributed by atoms with E-state index >= 15 is 0 Å². The third-order valence-electron chi connectivity index (χ3n) is 6.31. The lowest BCUT2D eigenvalue weighted by Crippen LogP contribution is -2.42. The van der Waals surface area contributed by atoms with Gasteiger partial charge in [0.1, 0.15) is 25.0 Å². The van der Waals surface area contributed by atoms with Gasteiger partial charge in [0, 0.05) is 5.92 Å².